The van der Waals surface area contributed by atoms with E-state index in [0.29, 0.717) is 12.1 Å². The van der Waals surface area contributed by atoms with Crippen molar-refractivity contribution in [2.24, 2.45) is 0 Å². The third kappa shape index (κ3) is 3.36. The number of rotatable bonds is 4. The van der Waals surface area contributed by atoms with Gasteiger partial charge in [-0.05, 0) is 49.3 Å². The van der Waals surface area contributed by atoms with Gasteiger partial charge in [-0.25, -0.2) is 0 Å². The maximum Gasteiger partial charge on any atom is 0.0328 e. The fourth-order valence-electron chi connectivity index (χ4n) is 3.38. The normalized spacial score (nSPS) is 21.0. The van der Waals surface area contributed by atoms with E-state index in [1.807, 2.05) is 0 Å². The van der Waals surface area contributed by atoms with Crippen molar-refractivity contribution in [3.05, 3.63) is 70.8 Å². The first kappa shape index (κ1) is 14.3. The van der Waals surface area contributed by atoms with E-state index in [0.717, 1.165) is 6.42 Å². The molecule has 0 aromatic heterocycles. The zero-order valence-electron chi connectivity index (χ0n) is 13.1. The molecule has 1 aliphatic heterocycles. The van der Waals surface area contributed by atoms with Crippen LogP contribution >= 0.6 is 0 Å². The molecule has 1 heteroatoms. The minimum absolute atomic E-state index is 0.499. The molecule has 1 aliphatic rings. The Morgan fingerprint density at radius 3 is 2.67 bits per heavy atom. The predicted molar refractivity (Wildman–Crippen MR) is 89.6 cm³/mol. The van der Waals surface area contributed by atoms with Crippen molar-refractivity contribution in [1.29, 1.82) is 0 Å². The summed E-state index contributed by atoms with van der Waals surface area (Å²) in [4.78, 5) is 0. The zero-order valence-corrected chi connectivity index (χ0v) is 13.1. The van der Waals surface area contributed by atoms with Crippen LogP contribution < -0.4 is 5.32 Å². The molecule has 3 rings (SSSR count). The summed E-state index contributed by atoms with van der Waals surface area (Å²) in [6.45, 7) is 4.48. The summed E-state index contributed by atoms with van der Waals surface area (Å²) in [5.74, 6) is 0. The maximum absolute atomic E-state index is 3.86. The van der Waals surface area contributed by atoms with Crippen LogP contribution in [0.5, 0.6) is 0 Å². The molecular formula is C20H25N. The van der Waals surface area contributed by atoms with Gasteiger partial charge in [-0.3, -0.25) is 0 Å². The molecule has 0 saturated heterocycles. The summed E-state index contributed by atoms with van der Waals surface area (Å²) in [5, 5.41) is 3.86. The molecule has 0 fully saturated rings. The van der Waals surface area contributed by atoms with Crippen LogP contribution in [0.15, 0.2) is 48.5 Å². The van der Waals surface area contributed by atoms with Gasteiger partial charge in [-0.1, -0.05) is 61.0 Å². The Labute approximate surface area is 128 Å². The van der Waals surface area contributed by atoms with Crippen molar-refractivity contribution >= 4 is 0 Å². The predicted octanol–water partition coefficient (Wildman–Crippen LogP) is 4.59. The van der Waals surface area contributed by atoms with Gasteiger partial charge in [-0.15, -0.1) is 0 Å². The Kier molecular flexibility index (Phi) is 4.40. The van der Waals surface area contributed by atoms with E-state index in [9.17, 15) is 0 Å². The summed E-state index contributed by atoms with van der Waals surface area (Å²) in [6, 6.07) is 18.9. The molecule has 1 heterocycles. The van der Waals surface area contributed by atoms with Crippen LogP contribution in [0.25, 0.3) is 0 Å². The molecular weight excluding hydrogens is 254 g/mol. The highest BCUT2D eigenvalue weighted by atomic mass is 15.0. The topological polar surface area (TPSA) is 12.0 Å². The van der Waals surface area contributed by atoms with E-state index in [1.54, 1.807) is 5.56 Å². The van der Waals surface area contributed by atoms with Gasteiger partial charge in [0.1, 0.15) is 0 Å². The average Bonchev–Trinajstić information content (AvgIpc) is 2.53. The molecule has 0 spiro atoms. The van der Waals surface area contributed by atoms with Crippen LogP contribution in [0.1, 0.15) is 48.1 Å². The number of benzene rings is 2. The highest BCUT2D eigenvalue weighted by Gasteiger charge is 2.24. The second kappa shape index (κ2) is 6.44. The van der Waals surface area contributed by atoms with Crippen molar-refractivity contribution in [2.75, 3.05) is 0 Å². The van der Waals surface area contributed by atoms with Crippen molar-refractivity contribution < 1.29 is 0 Å². The third-order valence-electron chi connectivity index (χ3n) is 4.64. The molecule has 0 radical (unpaired) electrons. The highest BCUT2D eigenvalue weighted by molar-refractivity contribution is 5.37. The highest BCUT2D eigenvalue weighted by Crippen LogP contribution is 2.30. The number of nitrogens with one attached hydrogen (secondary N) is 1. The Bertz CT molecular complexity index is 588. The molecule has 0 saturated carbocycles. The van der Waals surface area contributed by atoms with Crippen LogP contribution in [-0.4, -0.2) is 6.04 Å². The molecule has 0 amide bonds. The van der Waals surface area contributed by atoms with Gasteiger partial charge in [0.05, 0.1) is 0 Å². The average molecular weight is 279 g/mol. The molecule has 2 atom stereocenters. The van der Waals surface area contributed by atoms with Gasteiger partial charge in [0, 0.05) is 12.1 Å². The number of fused-ring (bicyclic) bond motifs is 1. The van der Waals surface area contributed by atoms with Gasteiger partial charge in [0.2, 0.25) is 0 Å². The minimum Gasteiger partial charge on any atom is -0.307 e. The van der Waals surface area contributed by atoms with Crippen molar-refractivity contribution in [3.63, 3.8) is 0 Å². The second-order valence-corrected chi connectivity index (χ2v) is 6.26. The fraction of sp³-hybridized carbons (Fsp3) is 0.400. The maximum atomic E-state index is 3.86. The largest absolute Gasteiger partial charge is 0.307 e. The van der Waals surface area contributed by atoms with Gasteiger partial charge in [0.25, 0.3) is 0 Å². The van der Waals surface area contributed by atoms with Gasteiger partial charge in [-0.2, -0.15) is 0 Å². The quantitative estimate of drug-likeness (QED) is 0.863. The van der Waals surface area contributed by atoms with E-state index in [2.05, 4.69) is 67.7 Å². The van der Waals surface area contributed by atoms with E-state index in [-0.39, 0.29) is 0 Å². The summed E-state index contributed by atoms with van der Waals surface area (Å²) in [7, 11) is 0. The van der Waals surface area contributed by atoms with Crippen LogP contribution in [0.2, 0.25) is 0 Å². The molecule has 2 unspecified atom stereocenters. The van der Waals surface area contributed by atoms with E-state index >= 15 is 0 Å². The number of hydrogen-bond donors (Lipinski definition) is 1. The lowest BCUT2D eigenvalue weighted by Gasteiger charge is -2.33. The standard InChI is InChI=1S/C20H25N/c1-3-18-14-17-11-9-15(2)13-19(17)20(21-18)12-10-16-7-5-4-6-8-16/h4-9,11,13,18,20-21H,3,10,12,14H2,1-2H3. The second-order valence-electron chi connectivity index (χ2n) is 6.26. The summed E-state index contributed by atoms with van der Waals surface area (Å²) in [5.41, 5.74) is 5.88. The first-order valence-electron chi connectivity index (χ1n) is 8.15. The monoisotopic (exact) mass is 279 g/mol. The third-order valence-corrected chi connectivity index (χ3v) is 4.64. The minimum atomic E-state index is 0.499. The van der Waals surface area contributed by atoms with Gasteiger partial charge in [0.15, 0.2) is 0 Å². The Morgan fingerprint density at radius 1 is 1.10 bits per heavy atom. The smallest absolute Gasteiger partial charge is 0.0328 e. The van der Waals surface area contributed by atoms with Crippen LogP contribution in [-0.2, 0) is 12.8 Å². The first-order valence-corrected chi connectivity index (χ1v) is 8.15. The molecule has 0 bridgehead atoms. The lowest BCUT2D eigenvalue weighted by Crippen LogP contribution is -2.39. The SMILES string of the molecule is CCC1Cc2ccc(C)cc2C(CCc2ccccc2)N1. The van der Waals surface area contributed by atoms with Crippen LogP contribution in [0.4, 0.5) is 0 Å². The Balaban J connectivity index is 1.79. The van der Waals surface area contributed by atoms with Gasteiger partial charge >= 0.3 is 0 Å². The molecule has 2 aromatic carbocycles. The molecule has 110 valence electrons. The molecule has 0 aliphatic carbocycles. The number of hydrogen-bond acceptors (Lipinski definition) is 1. The fourth-order valence-corrected chi connectivity index (χ4v) is 3.38. The van der Waals surface area contributed by atoms with E-state index in [4.69, 9.17) is 0 Å². The number of aryl methyl sites for hydroxylation is 2. The molecule has 2 aromatic rings. The van der Waals surface area contributed by atoms with Crippen LogP contribution in [0.3, 0.4) is 0 Å². The van der Waals surface area contributed by atoms with E-state index < -0.39 is 0 Å². The molecule has 1 N–H and O–H groups in total. The zero-order chi connectivity index (χ0) is 14.7. The van der Waals surface area contributed by atoms with Crippen molar-refractivity contribution in [2.45, 2.75) is 51.6 Å². The lowest BCUT2D eigenvalue weighted by atomic mass is 9.86. The summed E-state index contributed by atoms with van der Waals surface area (Å²) in [6.07, 6.45) is 4.70. The summed E-state index contributed by atoms with van der Waals surface area (Å²) < 4.78 is 0. The Morgan fingerprint density at radius 2 is 1.90 bits per heavy atom. The molecule has 21 heavy (non-hydrogen) atoms. The first-order chi connectivity index (χ1) is 10.3. The van der Waals surface area contributed by atoms with E-state index in [1.165, 1.54) is 36.0 Å². The van der Waals surface area contributed by atoms with Gasteiger partial charge < -0.3 is 5.32 Å². The van der Waals surface area contributed by atoms with Crippen LogP contribution in [0, 0.1) is 6.92 Å². The van der Waals surface area contributed by atoms with Crippen molar-refractivity contribution in [1.82, 2.24) is 5.32 Å². The van der Waals surface area contributed by atoms with Crippen molar-refractivity contribution in [3.8, 4) is 0 Å². The molecule has 1 nitrogen and oxygen atoms in total. The summed E-state index contributed by atoms with van der Waals surface area (Å²) >= 11 is 0. The lowest BCUT2D eigenvalue weighted by molar-refractivity contribution is 0.378. The Hall–Kier alpha value is -1.60.